The van der Waals surface area contributed by atoms with Gasteiger partial charge in [-0.3, -0.25) is 4.98 Å². The largest absolute Gasteiger partial charge is 0.296 e. The quantitative estimate of drug-likeness (QED) is 0.247. The molecule has 0 spiro atoms. The van der Waals surface area contributed by atoms with Crippen LogP contribution in [0.5, 0.6) is 0 Å². The van der Waals surface area contributed by atoms with E-state index in [2.05, 4.69) is 138 Å². The highest BCUT2D eigenvalue weighted by Gasteiger charge is 2.31. The topological polar surface area (TPSA) is 21.7 Å². The molecule has 0 atom stereocenters. The maximum Gasteiger partial charge on any atom is 0.296 e. The fourth-order valence-corrected chi connectivity index (χ4v) is 5.19. The third-order valence-corrected chi connectivity index (χ3v) is 6.97. The standard InChI is InChI=1S/C33H28N3/c1-23-17-18-30-31(21-23)36(33(35(30)3)29-22-34-20-19-24(29)2)32-27(25-11-6-4-7-12-25)15-10-16-28(32)26-13-8-5-9-14-26/h4-22H,1-3H3/q+1. The molecule has 0 radical (unpaired) electrons. The highest BCUT2D eigenvalue weighted by Crippen LogP contribution is 2.40. The number of nitrogens with zero attached hydrogens (tertiary/aromatic N) is 3. The summed E-state index contributed by atoms with van der Waals surface area (Å²) < 4.78 is 4.74. The smallest absolute Gasteiger partial charge is 0.264 e. The molecule has 2 aromatic heterocycles. The van der Waals surface area contributed by atoms with Gasteiger partial charge in [0.05, 0.1) is 12.6 Å². The van der Waals surface area contributed by atoms with Crippen molar-refractivity contribution in [3.8, 4) is 39.3 Å². The van der Waals surface area contributed by atoms with E-state index in [4.69, 9.17) is 0 Å². The van der Waals surface area contributed by atoms with Gasteiger partial charge in [-0.05, 0) is 54.3 Å². The number of imidazole rings is 1. The highest BCUT2D eigenvalue weighted by atomic mass is 15.2. The maximum absolute atomic E-state index is 4.52. The first-order chi connectivity index (χ1) is 17.6. The zero-order valence-corrected chi connectivity index (χ0v) is 20.8. The minimum Gasteiger partial charge on any atom is -0.264 e. The van der Waals surface area contributed by atoms with Gasteiger partial charge in [0.25, 0.3) is 5.82 Å². The third-order valence-electron chi connectivity index (χ3n) is 6.97. The Morgan fingerprint density at radius 1 is 0.667 bits per heavy atom. The fourth-order valence-electron chi connectivity index (χ4n) is 5.19. The lowest BCUT2D eigenvalue weighted by molar-refractivity contribution is -0.633. The minimum atomic E-state index is 1.11. The molecule has 0 amide bonds. The number of hydrogen-bond acceptors (Lipinski definition) is 1. The average molecular weight is 467 g/mol. The Morgan fingerprint density at radius 3 is 1.92 bits per heavy atom. The number of para-hydroxylation sites is 1. The second kappa shape index (κ2) is 8.94. The Labute approximate surface area is 212 Å². The normalized spacial score (nSPS) is 11.2. The molecular formula is C33H28N3+. The van der Waals surface area contributed by atoms with Crippen LogP contribution in [0.15, 0.2) is 116 Å². The zero-order chi connectivity index (χ0) is 24.6. The van der Waals surface area contributed by atoms with Crippen molar-refractivity contribution in [1.29, 1.82) is 0 Å². The Hall–Kier alpha value is -4.50. The van der Waals surface area contributed by atoms with Gasteiger partial charge in [0.1, 0.15) is 5.69 Å². The first-order valence-electron chi connectivity index (χ1n) is 12.3. The van der Waals surface area contributed by atoms with E-state index in [1.54, 1.807) is 0 Å². The molecule has 36 heavy (non-hydrogen) atoms. The number of benzene rings is 4. The number of fused-ring (bicyclic) bond motifs is 1. The third kappa shape index (κ3) is 3.61. The van der Waals surface area contributed by atoms with Crippen LogP contribution in [0.2, 0.25) is 0 Å². The number of pyridine rings is 1. The Morgan fingerprint density at radius 2 is 1.31 bits per heavy atom. The summed E-state index contributed by atoms with van der Waals surface area (Å²) in [7, 11) is 2.16. The van der Waals surface area contributed by atoms with Crippen LogP contribution < -0.4 is 4.57 Å². The van der Waals surface area contributed by atoms with Crippen molar-refractivity contribution < 1.29 is 4.57 Å². The van der Waals surface area contributed by atoms with Gasteiger partial charge in [0.15, 0.2) is 11.0 Å². The summed E-state index contributed by atoms with van der Waals surface area (Å²) in [5.74, 6) is 1.11. The molecule has 0 fully saturated rings. The van der Waals surface area contributed by atoms with E-state index in [-0.39, 0.29) is 0 Å². The van der Waals surface area contributed by atoms with Crippen LogP contribution in [0.25, 0.3) is 50.4 Å². The van der Waals surface area contributed by atoms with Crippen LogP contribution in [0.4, 0.5) is 0 Å². The molecule has 0 saturated carbocycles. The Bertz CT molecular complexity index is 1640. The number of aromatic nitrogens is 3. The SMILES string of the molecule is Cc1ccc2c(c1)n(-c1c(-c3ccccc3)cccc1-c1ccccc1)c(-c1cnccc1C)[n+]2C. The van der Waals surface area contributed by atoms with E-state index in [0.29, 0.717) is 0 Å². The first-order valence-corrected chi connectivity index (χ1v) is 12.3. The molecule has 6 aromatic rings. The van der Waals surface area contributed by atoms with Crippen molar-refractivity contribution in [2.45, 2.75) is 13.8 Å². The van der Waals surface area contributed by atoms with Gasteiger partial charge in [0.2, 0.25) is 0 Å². The van der Waals surface area contributed by atoms with Crippen LogP contribution in [-0.4, -0.2) is 9.55 Å². The Kier molecular flexibility index (Phi) is 5.46. The van der Waals surface area contributed by atoms with E-state index >= 15 is 0 Å². The van der Waals surface area contributed by atoms with Crippen molar-refractivity contribution in [1.82, 2.24) is 9.55 Å². The van der Waals surface area contributed by atoms with Gasteiger partial charge >= 0.3 is 0 Å². The van der Waals surface area contributed by atoms with Gasteiger partial charge in [0, 0.05) is 23.5 Å². The summed E-state index contributed by atoms with van der Waals surface area (Å²) in [6.45, 7) is 4.32. The molecule has 174 valence electrons. The van der Waals surface area contributed by atoms with Crippen LogP contribution in [0.1, 0.15) is 11.1 Å². The van der Waals surface area contributed by atoms with Crippen molar-refractivity contribution in [3.05, 3.63) is 127 Å². The van der Waals surface area contributed by atoms with E-state index in [1.165, 1.54) is 50.1 Å². The zero-order valence-electron chi connectivity index (χ0n) is 20.8. The van der Waals surface area contributed by atoms with Gasteiger partial charge < -0.3 is 0 Å². The number of aryl methyl sites for hydroxylation is 3. The molecule has 0 unspecified atom stereocenters. The number of rotatable bonds is 4. The van der Waals surface area contributed by atoms with Crippen LogP contribution in [-0.2, 0) is 7.05 Å². The molecule has 0 aliphatic heterocycles. The lowest BCUT2D eigenvalue weighted by atomic mass is 9.95. The summed E-state index contributed by atoms with van der Waals surface area (Å²) in [5, 5.41) is 0. The molecule has 0 saturated heterocycles. The van der Waals surface area contributed by atoms with Gasteiger partial charge in [-0.1, -0.05) is 84.9 Å². The minimum absolute atomic E-state index is 1.11. The lowest BCUT2D eigenvalue weighted by Gasteiger charge is -2.15. The lowest BCUT2D eigenvalue weighted by Crippen LogP contribution is -2.30. The summed E-state index contributed by atoms with van der Waals surface area (Å²) in [6, 6.07) is 36.8. The van der Waals surface area contributed by atoms with Crippen molar-refractivity contribution in [2.75, 3.05) is 0 Å². The Balaban J connectivity index is 1.82. The maximum atomic E-state index is 4.52. The van der Waals surface area contributed by atoms with E-state index in [9.17, 15) is 0 Å². The second-order valence-electron chi connectivity index (χ2n) is 9.33. The predicted octanol–water partition coefficient (Wildman–Crippen LogP) is 7.47. The van der Waals surface area contributed by atoms with Gasteiger partial charge in [-0.2, -0.15) is 4.57 Å². The van der Waals surface area contributed by atoms with Crippen LogP contribution in [0.3, 0.4) is 0 Å². The van der Waals surface area contributed by atoms with E-state index in [1.807, 2.05) is 12.4 Å². The molecule has 3 heteroatoms. The van der Waals surface area contributed by atoms with Crippen LogP contribution in [0, 0.1) is 13.8 Å². The first kappa shape index (κ1) is 22.0. The predicted molar refractivity (Wildman–Crippen MR) is 148 cm³/mol. The molecule has 3 nitrogen and oxygen atoms in total. The van der Waals surface area contributed by atoms with E-state index in [0.717, 1.165) is 11.4 Å². The second-order valence-corrected chi connectivity index (χ2v) is 9.33. The van der Waals surface area contributed by atoms with Crippen molar-refractivity contribution in [2.24, 2.45) is 7.05 Å². The van der Waals surface area contributed by atoms with E-state index < -0.39 is 0 Å². The summed E-state index contributed by atoms with van der Waals surface area (Å²) in [4.78, 5) is 4.52. The number of hydrogen-bond donors (Lipinski definition) is 0. The molecular weight excluding hydrogens is 438 g/mol. The molecule has 0 aliphatic carbocycles. The molecule has 0 aliphatic rings. The van der Waals surface area contributed by atoms with Crippen molar-refractivity contribution >= 4 is 11.0 Å². The monoisotopic (exact) mass is 466 g/mol. The van der Waals surface area contributed by atoms with Crippen LogP contribution >= 0.6 is 0 Å². The van der Waals surface area contributed by atoms with Gasteiger partial charge in [-0.15, -0.1) is 0 Å². The summed E-state index contributed by atoms with van der Waals surface area (Å²) in [5.41, 5.74) is 11.8. The fraction of sp³-hybridized carbons (Fsp3) is 0.0909. The molecule has 2 heterocycles. The summed E-state index contributed by atoms with van der Waals surface area (Å²) in [6.07, 6.45) is 3.85. The summed E-state index contributed by atoms with van der Waals surface area (Å²) >= 11 is 0. The average Bonchev–Trinajstić information content (AvgIpc) is 3.20. The van der Waals surface area contributed by atoms with Crippen molar-refractivity contribution in [3.63, 3.8) is 0 Å². The molecule has 4 aromatic carbocycles. The molecule has 0 bridgehead atoms. The molecule has 0 N–H and O–H groups in total. The van der Waals surface area contributed by atoms with Gasteiger partial charge in [-0.25, -0.2) is 4.57 Å². The molecule has 6 rings (SSSR count). The highest BCUT2D eigenvalue weighted by molar-refractivity contribution is 5.91.